The Balaban J connectivity index is 2.64. The van der Waals surface area contributed by atoms with Crippen LogP contribution in [0.4, 0.5) is 0 Å². The summed E-state index contributed by atoms with van der Waals surface area (Å²) in [6.07, 6.45) is 1.11. The summed E-state index contributed by atoms with van der Waals surface area (Å²) in [6, 6.07) is 4.37. The third-order valence-corrected chi connectivity index (χ3v) is 3.51. The highest BCUT2D eigenvalue weighted by molar-refractivity contribution is 7.11. The highest BCUT2D eigenvalue weighted by atomic mass is 32.1. The molecule has 0 amide bonds. The van der Waals surface area contributed by atoms with Gasteiger partial charge in [0, 0.05) is 21.8 Å². The van der Waals surface area contributed by atoms with Gasteiger partial charge in [-0.05, 0) is 46.2 Å². The van der Waals surface area contributed by atoms with E-state index in [0.29, 0.717) is 0 Å². The average molecular weight is 267 g/mol. The van der Waals surface area contributed by atoms with Crippen molar-refractivity contribution in [2.45, 2.75) is 53.1 Å². The predicted molar refractivity (Wildman–Crippen MR) is 81.4 cm³/mol. The van der Waals surface area contributed by atoms with E-state index in [0.717, 1.165) is 25.5 Å². The number of guanidine groups is 1. The molecule has 0 bridgehead atoms. The van der Waals surface area contributed by atoms with Gasteiger partial charge >= 0.3 is 0 Å². The van der Waals surface area contributed by atoms with Crippen molar-refractivity contribution in [3.05, 3.63) is 21.9 Å². The van der Waals surface area contributed by atoms with Crippen LogP contribution in [0, 0.1) is 0 Å². The third-order valence-electron chi connectivity index (χ3n) is 2.30. The fraction of sp³-hybridized carbons (Fsp3) is 0.643. The summed E-state index contributed by atoms with van der Waals surface area (Å²) in [5.41, 5.74) is 0.0328. The van der Waals surface area contributed by atoms with Gasteiger partial charge in [0.1, 0.15) is 0 Å². The Hall–Kier alpha value is -1.03. The maximum absolute atomic E-state index is 4.62. The molecule has 1 aromatic rings. The first-order valence-electron chi connectivity index (χ1n) is 6.58. The first kappa shape index (κ1) is 15.0. The Morgan fingerprint density at radius 3 is 2.39 bits per heavy atom. The lowest BCUT2D eigenvalue weighted by molar-refractivity contribution is 0.501. The Morgan fingerprint density at radius 2 is 1.89 bits per heavy atom. The molecule has 2 N–H and O–H groups in total. The zero-order valence-electron chi connectivity index (χ0n) is 12.1. The molecule has 0 radical (unpaired) electrons. The van der Waals surface area contributed by atoms with Crippen LogP contribution in [0.15, 0.2) is 17.1 Å². The summed E-state index contributed by atoms with van der Waals surface area (Å²) in [4.78, 5) is 7.36. The van der Waals surface area contributed by atoms with Crippen molar-refractivity contribution < 1.29 is 0 Å². The van der Waals surface area contributed by atoms with Crippen LogP contribution < -0.4 is 10.6 Å². The van der Waals surface area contributed by atoms with Crippen molar-refractivity contribution >= 4 is 17.3 Å². The van der Waals surface area contributed by atoms with Crippen LogP contribution in [0.25, 0.3) is 0 Å². The fourth-order valence-corrected chi connectivity index (χ4v) is 2.40. The molecule has 1 heterocycles. The van der Waals surface area contributed by atoms with E-state index in [-0.39, 0.29) is 5.54 Å². The number of nitrogens with zero attached hydrogens (tertiary/aromatic N) is 1. The molecule has 0 fully saturated rings. The van der Waals surface area contributed by atoms with Gasteiger partial charge in [0.05, 0.1) is 6.54 Å². The summed E-state index contributed by atoms with van der Waals surface area (Å²) in [6.45, 7) is 12.3. The second-order valence-corrected chi connectivity index (χ2v) is 6.54. The van der Waals surface area contributed by atoms with Gasteiger partial charge in [-0.15, -0.1) is 11.3 Å². The standard InChI is InChI=1S/C14H25N3S/c1-6-11-8-9-12(18-11)10-16-13(15-7-2)17-14(3,4)5/h8-9H,6-7,10H2,1-5H3,(H2,15,16,17). The van der Waals surface area contributed by atoms with E-state index in [1.54, 1.807) is 0 Å². The zero-order chi connectivity index (χ0) is 13.6. The van der Waals surface area contributed by atoms with Crippen LogP contribution in [0.1, 0.15) is 44.4 Å². The molecule has 4 heteroatoms. The molecule has 0 aliphatic heterocycles. The molecule has 18 heavy (non-hydrogen) atoms. The first-order valence-corrected chi connectivity index (χ1v) is 7.40. The molecule has 1 aromatic heterocycles. The lowest BCUT2D eigenvalue weighted by Crippen LogP contribution is -2.47. The molecule has 1 rings (SSSR count). The van der Waals surface area contributed by atoms with Gasteiger partial charge in [-0.25, -0.2) is 4.99 Å². The SMILES string of the molecule is CCNC(=NCc1ccc(CC)s1)NC(C)(C)C. The van der Waals surface area contributed by atoms with Crippen LogP contribution in [-0.4, -0.2) is 18.0 Å². The largest absolute Gasteiger partial charge is 0.357 e. The topological polar surface area (TPSA) is 36.4 Å². The molecule has 0 aromatic carbocycles. The van der Waals surface area contributed by atoms with Crippen molar-refractivity contribution in [3.63, 3.8) is 0 Å². The van der Waals surface area contributed by atoms with Crippen LogP contribution >= 0.6 is 11.3 Å². The number of nitrogens with one attached hydrogen (secondary N) is 2. The van der Waals surface area contributed by atoms with E-state index in [1.165, 1.54) is 9.75 Å². The molecule has 0 atom stereocenters. The molecular weight excluding hydrogens is 242 g/mol. The molecular formula is C14H25N3S. The second kappa shape index (κ2) is 6.78. The lowest BCUT2D eigenvalue weighted by atomic mass is 10.1. The Kier molecular flexibility index (Phi) is 5.66. The summed E-state index contributed by atoms with van der Waals surface area (Å²) in [5, 5.41) is 6.67. The van der Waals surface area contributed by atoms with Crippen molar-refractivity contribution in [2.24, 2.45) is 4.99 Å². The van der Waals surface area contributed by atoms with Crippen LogP contribution in [0.3, 0.4) is 0 Å². The van der Waals surface area contributed by atoms with Gasteiger partial charge in [0.15, 0.2) is 5.96 Å². The van der Waals surface area contributed by atoms with Crippen molar-refractivity contribution in [1.29, 1.82) is 0 Å². The minimum atomic E-state index is 0.0328. The van der Waals surface area contributed by atoms with Gasteiger partial charge in [-0.3, -0.25) is 0 Å². The molecule has 3 nitrogen and oxygen atoms in total. The van der Waals surface area contributed by atoms with E-state index >= 15 is 0 Å². The molecule has 0 aliphatic carbocycles. The Labute approximate surface area is 115 Å². The smallest absolute Gasteiger partial charge is 0.192 e. The van der Waals surface area contributed by atoms with E-state index in [9.17, 15) is 0 Å². The molecule has 0 spiro atoms. The van der Waals surface area contributed by atoms with Gasteiger partial charge in [0.25, 0.3) is 0 Å². The molecule has 0 unspecified atom stereocenters. The highest BCUT2D eigenvalue weighted by Gasteiger charge is 2.11. The van der Waals surface area contributed by atoms with E-state index in [4.69, 9.17) is 0 Å². The van der Waals surface area contributed by atoms with Crippen LogP contribution in [0.5, 0.6) is 0 Å². The average Bonchev–Trinajstić information content (AvgIpc) is 2.72. The number of hydrogen-bond donors (Lipinski definition) is 2. The summed E-state index contributed by atoms with van der Waals surface area (Å²) >= 11 is 1.85. The van der Waals surface area contributed by atoms with Crippen LogP contribution in [-0.2, 0) is 13.0 Å². The van der Waals surface area contributed by atoms with E-state index in [2.05, 4.69) is 62.4 Å². The third kappa shape index (κ3) is 5.54. The molecule has 102 valence electrons. The quantitative estimate of drug-likeness (QED) is 0.649. The van der Waals surface area contributed by atoms with Gasteiger partial charge in [-0.1, -0.05) is 6.92 Å². The lowest BCUT2D eigenvalue weighted by Gasteiger charge is -2.23. The normalized spacial score (nSPS) is 12.6. The van der Waals surface area contributed by atoms with Crippen molar-refractivity contribution in [1.82, 2.24) is 10.6 Å². The molecule has 0 aliphatic rings. The van der Waals surface area contributed by atoms with Gasteiger partial charge in [0.2, 0.25) is 0 Å². The molecule has 0 saturated carbocycles. The van der Waals surface area contributed by atoms with Gasteiger partial charge < -0.3 is 10.6 Å². The van der Waals surface area contributed by atoms with E-state index < -0.39 is 0 Å². The Bertz CT molecular complexity index is 388. The number of aryl methyl sites for hydroxylation is 1. The minimum Gasteiger partial charge on any atom is -0.357 e. The highest BCUT2D eigenvalue weighted by Crippen LogP contribution is 2.17. The van der Waals surface area contributed by atoms with Gasteiger partial charge in [-0.2, -0.15) is 0 Å². The van der Waals surface area contributed by atoms with Crippen molar-refractivity contribution in [3.8, 4) is 0 Å². The van der Waals surface area contributed by atoms with Crippen LogP contribution in [0.2, 0.25) is 0 Å². The number of thiophene rings is 1. The van der Waals surface area contributed by atoms with Crippen molar-refractivity contribution in [2.75, 3.05) is 6.54 Å². The second-order valence-electron chi connectivity index (χ2n) is 5.29. The Morgan fingerprint density at radius 1 is 1.22 bits per heavy atom. The predicted octanol–water partition coefficient (Wildman–Crippen LogP) is 3.16. The number of aliphatic imine (C=N–C) groups is 1. The zero-order valence-corrected chi connectivity index (χ0v) is 12.9. The summed E-state index contributed by atoms with van der Waals surface area (Å²) in [5.74, 6) is 0.886. The number of rotatable bonds is 4. The summed E-state index contributed by atoms with van der Waals surface area (Å²) in [7, 11) is 0. The maximum atomic E-state index is 4.62. The minimum absolute atomic E-state index is 0.0328. The first-order chi connectivity index (χ1) is 8.44. The monoisotopic (exact) mass is 267 g/mol. The van der Waals surface area contributed by atoms with E-state index in [1.807, 2.05) is 11.3 Å². The maximum Gasteiger partial charge on any atom is 0.192 e. The fourth-order valence-electron chi connectivity index (χ4n) is 1.52. The summed E-state index contributed by atoms with van der Waals surface area (Å²) < 4.78 is 0. The molecule has 0 saturated heterocycles. The number of hydrogen-bond acceptors (Lipinski definition) is 2.